The Kier molecular flexibility index (Phi) is 5.39. The van der Waals surface area contributed by atoms with Crippen molar-refractivity contribution in [1.82, 2.24) is 9.78 Å². The highest BCUT2D eigenvalue weighted by atomic mass is 16.5. The Morgan fingerprint density at radius 2 is 2.12 bits per heavy atom. The molecule has 1 aromatic rings. The summed E-state index contributed by atoms with van der Waals surface area (Å²) in [7, 11) is 1.84. The molecule has 0 saturated heterocycles. The highest BCUT2D eigenvalue weighted by Gasteiger charge is 2.08. The average Bonchev–Trinajstić information content (AvgIpc) is 2.70. The summed E-state index contributed by atoms with van der Waals surface area (Å²) in [5.41, 5.74) is 1.04. The molecule has 0 aliphatic carbocycles. The molecule has 1 aromatic heterocycles. The lowest BCUT2D eigenvalue weighted by Gasteiger charge is -2.01. The minimum atomic E-state index is -0.303. The Morgan fingerprint density at radius 1 is 1.35 bits per heavy atom. The summed E-state index contributed by atoms with van der Waals surface area (Å²) in [6.07, 6.45) is 5.21. The quantitative estimate of drug-likeness (QED) is 0.671. The van der Waals surface area contributed by atoms with Gasteiger partial charge in [-0.3, -0.25) is 14.3 Å². The van der Waals surface area contributed by atoms with Crippen molar-refractivity contribution in [3.8, 4) is 0 Å². The molecule has 1 rings (SSSR count). The number of Topliss-reactive ketones (excluding diaryl/α,β-unsaturated/α-hetero) is 1. The lowest BCUT2D eigenvalue weighted by atomic mass is 10.1. The zero-order chi connectivity index (χ0) is 12.7. The number of ketones is 1. The van der Waals surface area contributed by atoms with Gasteiger partial charge in [0.1, 0.15) is 5.78 Å². The predicted octanol–water partition coefficient (Wildman–Crippen LogP) is 1.27. The van der Waals surface area contributed by atoms with Crippen LogP contribution < -0.4 is 0 Å². The van der Waals surface area contributed by atoms with Crippen LogP contribution in [0.15, 0.2) is 12.4 Å². The van der Waals surface area contributed by atoms with E-state index in [0.717, 1.165) is 5.56 Å². The van der Waals surface area contributed by atoms with Crippen molar-refractivity contribution in [2.75, 3.05) is 6.61 Å². The molecule has 0 unspecified atom stereocenters. The second-order valence-electron chi connectivity index (χ2n) is 3.87. The Morgan fingerprint density at radius 3 is 2.71 bits per heavy atom. The van der Waals surface area contributed by atoms with Gasteiger partial charge in [-0.2, -0.15) is 5.10 Å². The second kappa shape index (κ2) is 6.83. The van der Waals surface area contributed by atoms with Gasteiger partial charge in [0.2, 0.25) is 0 Å². The third-order valence-corrected chi connectivity index (χ3v) is 2.36. The van der Waals surface area contributed by atoms with E-state index in [4.69, 9.17) is 4.74 Å². The average molecular weight is 238 g/mol. The Hall–Kier alpha value is -1.65. The fourth-order valence-corrected chi connectivity index (χ4v) is 1.48. The highest BCUT2D eigenvalue weighted by Crippen LogP contribution is 2.04. The number of rotatable bonds is 7. The first-order valence-corrected chi connectivity index (χ1v) is 5.76. The molecule has 0 saturated carbocycles. The molecular weight excluding hydrogens is 220 g/mol. The van der Waals surface area contributed by atoms with Crippen LogP contribution in [0.5, 0.6) is 0 Å². The van der Waals surface area contributed by atoms with E-state index in [0.29, 0.717) is 19.4 Å². The van der Waals surface area contributed by atoms with Crippen LogP contribution in [0, 0.1) is 0 Å². The van der Waals surface area contributed by atoms with Crippen LogP contribution in [0.2, 0.25) is 0 Å². The van der Waals surface area contributed by atoms with Crippen LogP contribution in [-0.4, -0.2) is 28.1 Å². The lowest BCUT2D eigenvalue weighted by molar-refractivity contribution is -0.144. The van der Waals surface area contributed by atoms with Gasteiger partial charge >= 0.3 is 5.97 Å². The minimum absolute atomic E-state index is 0.0851. The fourth-order valence-electron chi connectivity index (χ4n) is 1.48. The van der Waals surface area contributed by atoms with Gasteiger partial charge in [-0.05, 0) is 18.9 Å². The van der Waals surface area contributed by atoms with E-state index in [-0.39, 0.29) is 24.6 Å². The molecule has 0 bridgehead atoms. The molecule has 5 heteroatoms. The molecule has 0 aliphatic heterocycles. The van der Waals surface area contributed by atoms with Crippen molar-refractivity contribution in [3.63, 3.8) is 0 Å². The number of hydrogen-bond donors (Lipinski definition) is 0. The number of carbonyl (C=O) groups is 2. The van der Waals surface area contributed by atoms with Crippen LogP contribution in [0.25, 0.3) is 0 Å². The molecule has 1 heterocycles. The summed E-state index contributed by atoms with van der Waals surface area (Å²) in [6, 6.07) is 0. The normalized spacial score (nSPS) is 10.2. The Balaban J connectivity index is 2.19. The molecule has 0 spiro atoms. The van der Waals surface area contributed by atoms with Crippen LogP contribution in [0.3, 0.4) is 0 Å². The molecule has 94 valence electrons. The van der Waals surface area contributed by atoms with E-state index >= 15 is 0 Å². The molecule has 0 radical (unpaired) electrons. The predicted molar refractivity (Wildman–Crippen MR) is 62.4 cm³/mol. The van der Waals surface area contributed by atoms with Crippen LogP contribution in [0.4, 0.5) is 0 Å². The van der Waals surface area contributed by atoms with Crippen molar-refractivity contribution in [1.29, 1.82) is 0 Å². The van der Waals surface area contributed by atoms with E-state index in [1.165, 1.54) is 0 Å². The van der Waals surface area contributed by atoms with Crippen LogP contribution >= 0.6 is 0 Å². The number of nitrogens with zero attached hydrogens (tertiary/aromatic N) is 2. The maximum absolute atomic E-state index is 11.5. The third kappa shape index (κ3) is 5.29. The number of aryl methyl sites for hydroxylation is 2. The maximum atomic E-state index is 11.5. The summed E-state index contributed by atoms with van der Waals surface area (Å²) in [5.74, 6) is -0.218. The number of hydrogen-bond acceptors (Lipinski definition) is 4. The van der Waals surface area contributed by atoms with Crippen molar-refractivity contribution in [3.05, 3.63) is 18.0 Å². The largest absolute Gasteiger partial charge is 0.466 e. The molecule has 17 heavy (non-hydrogen) atoms. The van der Waals surface area contributed by atoms with Gasteiger partial charge in [0.15, 0.2) is 0 Å². The summed E-state index contributed by atoms with van der Waals surface area (Å²) in [6.45, 7) is 2.12. The number of esters is 1. The number of carbonyl (C=O) groups excluding carboxylic acids is 2. The van der Waals surface area contributed by atoms with E-state index in [1.54, 1.807) is 17.8 Å². The van der Waals surface area contributed by atoms with E-state index in [9.17, 15) is 9.59 Å². The zero-order valence-corrected chi connectivity index (χ0v) is 10.3. The van der Waals surface area contributed by atoms with Gasteiger partial charge < -0.3 is 4.74 Å². The first-order valence-electron chi connectivity index (χ1n) is 5.76. The molecule has 0 atom stereocenters. The molecular formula is C12H18N2O3. The number of ether oxygens (including phenoxy) is 1. The molecule has 0 aromatic carbocycles. The fraction of sp³-hybridized carbons (Fsp3) is 0.583. The van der Waals surface area contributed by atoms with Crippen LogP contribution in [0.1, 0.15) is 31.7 Å². The summed E-state index contributed by atoms with van der Waals surface area (Å²) in [4.78, 5) is 22.5. The molecule has 5 nitrogen and oxygen atoms in total. The van der Waals surface area contributed by atoms with Gasteiger partial charge in [0, 0.05) is 26.1 Å². The first kappa shape index (κ1) is 13.4. The van der Waals surface area contributed by atoms with Crippen molar-refractivity contribution in [2.45, 2.75) is 32.6 Å². The van der Waals surface area contributed by atoms with Crippen LogP contribution in [-0.2, 0) is 27.8 Å². The van der Waals surface area contributed by atoms with Gasteiger partial charge in [0.25, 0.3) is 0 Å². The van der Waals surface area contributed by atoms with Crippen molar-refractivity contribution >= 4 is 11.8 Å². The van der Waals surface area contributed by atoms with E-state index < -0.39 is 0 Å². The third-order valence-electron chi connectivity index (χ3n) is 2.36. The van der Waals surface area contributed by atoms with Gasteiger partial charge in [-0.15, -0.1) is 0 Å². The lowest BCUT2D eigenvalue weighted by Crippen LogP contribution is -2.08. The van der Waals surface area contributed by atoms with Gasteiger partial charge in [-0.25, -0.2) is 0 Å². The van der Waals surface area contributed by atoms with Gasteiger partial charge in [-0.1, -0.05) is 0 Å². The summed E-state index contributed by atoms with van der Waals surface area (Å²) >= 11 is 0. The Bertz CT molecular complexity index is 385. The van der Waals surface area contributed by atoms with Crippen molar-refractivity contribution in [2.24, 2.45) is 7.05 Å². The number of aromatic nitrogens is 2. The van der Waals surface area contributed by atoms with Gasteiger partial charge in [0.05, 0.1) is 19.2 Å². The molecule has 0 fully saturated rings. The Labute approximate surface area is 101 Å². The standard InChI is InChI=1S/C12H18N2O3/c1-3-17-12(16)7-6-11(15)5-4-10-8-13-14(2)9-10/h8-9H,3-7H2,1-2H3. The first-order chi connectivity index (χ1) is 8.11. The summed E-state index contributed by atoms with van der Waals surface area (Å²) in [5, 5.41) is 4.02. The molecule has 0 aliphatic rings. The highest BCUT2D eigenvalue weighted by molar-refractivity contribution is 5.83. The monoisotopic (exact) mass is 238 g/mol. The minimum Gasteiger partial charge on any atom is -0.466 e. The molecule has 0 amide bonds. The second-order valence-corrected chi connectivity index (χ2v) is 3.87. The summed E-state index contributed by atoms with van der Waals surface area (Å²) < 4.78 is 6.46. The topological polar surface area (TPSA) is 61.2 Å². The maximum Gasteiger partial charge on any atom is 0.306 e. The molecule has 0 N–H and O–H groups in total. The smallest absolute Gasteiger partial charge is 0.306 e. The van der Waals surface area contributed by atoms with E-state index in [1.807, 2.05) is 13.2 Å². The SMILES string of the molecule is CCOC(=O)CCC(=O)CCc1cnn(C)c1. The van der Waals surface area contributed by atoms with E-state index in [2.05, 4.69) is 5.10 Å². The van der Waals surface area contributed by atoms with Crippen molar-refractivity contribution < 1.29 is 14.3 Å². The zero-order valence-electron chi connectivity index (χ0n) is 10.3.